The van der Waals surface area contributed by atoms with Gasteiger partial charge in [0.15, 0.2) is 11.5 Å². The number of aryl methyl sites for hydroxylation is 1. The van der Waals surface area contributed by atoms with Gasteiger partial charge in [-0.2, -0.15) is 0 Å². The Labute approximate surface area is 160 Å². The van der Waals surface area contributed by atoms with Crippen LogP contribution in [0.2, 0.25) is 0 Å². The zero-order valence-corrected chi connectivity index (χ0v) is 16.3. The summed E-state index contributed by atoms with van der Waals surface area (Å²) in [5.41, 5.74) is 1.07. The second kappa shape index (κ2) is 10.4. The van der Waals surface area contributed by atoms with Crippen molar-refractivity contribution < 1.29 is 18.7 Å². The van der Waals surface area contributed by atoms with Crippen molar-refractivity contribution in [3.63, 3.8) is 0 Å². The summed E-state index contributed by atoms with van der Waals surface area (Å²) >= 11 is 0. The Morgan fingerprint density at radius 2 is 2.00 bits per heavy atom. The van der Waals surface area contributed by atoms with Crippen LogP contribution >= 0.6 is 0 Å². The third-order valence-electron chi connectivity index (χ3n) is 4.18. The molecule has 0 saturated carbocycles. The molecule has 0 radical (unpaired) electrons. The number of furan rings is 1. The number of ether oxygens (including phenoxy) is 2. The van der Waals surface area contributed by atoms with Crippen LogP contribution in [-0.4, -0.2) is 44.7 Å². The summed E-state index contributed by atoms with van der Waals surface area (Å²) in [5.74, 6) is 3.00. The first-order valence-corrected chi connectivity index (χ1v) is 8.93. The van der Waals surface area contributed by atoms with Gasteiger partial charge >= 0.3 is 0 Å². The Balaban J connectivity index is 2.06. The number of hydrogen-bond acceptors (Lipinski definition) is 5. The summed E-state index contributed by atoms with van der Waals surface area (Å²) in [6, 6.07) is 9.61. The summed E-state index contributed by atoms with van der Waals surface area (Å²) in [6.45, 7) is 7.42. The minimum absolute atomic E-state index is 0.0198. The molecule has 2 aromatic rings. The van der Waals surface area contributed by atoms with Crippen LogP contribution < -0.4 is 14.8 Å². The quantitative estimate of drug-likeness (QED) is 0.485. The van der Waals surface area contributed by atoms with Crippen molar-refractivity contribution in [1.29, 1.82) is 0 Å². The largest absolute Gasteiger partial charge is 0.493 e. The molecule has 0 fully saturated rings. The summed E-state index contributed by atoms with van der Waals surface area (Å²) in [7, 11) is 3.22. The molecule has 1 aromatic carbocycles. The molecule has 1 amide bonds. The van der Waals surface area contributed by atoms with Gasteiger partial charge in [-0.1, -0.05) is 12.1 Å². The molecule has 27 heavy (non-hydrogen) atoms. The van der Waals surface area contributed by atoms with Crippen molar-refractivity contribution in [1.82, 2.24) is 10.2 Å². The maximum atomic E-state index is 12.6. The molecular weight excluding hydrogens is 344 g/mol. The molecule has 0 aliphatic rings. The van der Waals surface area contributed by atoms with Gasteiger partial charge in [0.1, 0.15) is 11.5 Å². The smallest absolute Gasteiger partial charge is 0.236 e. The summed E-state index contributed by atoms with van der Waals surface area (Å²) in [6.07, 6.45) is 2.43. The van der Waals surface area contributed by atoms with Gasteiger partial charge in [0, 0.05) is 13.1 Å². The summed E-state index contributed by atoms with van der Waals surface area (Å²) in [5, 5.41) is 3.06. The summed E-state index contributed by atoms with van der Waals surface area (Å²) in [4.78, 5) is 14.4. The molecule has 2 rings (SSSR count). The van der Waals surface area contributed by atoms with Crippen molar-refractivity contribution in [2.45, 2.75) is 19.9 Å². The highest BCUT2D eigenvalue weighted by atomic mass is 16.5. The van der Waals surface area contributed by atoms with Gasteiger partial charge < -0.3 is 24.1 Å². The minimum atomic E-state index is 0.0198. The van der Waals surface area contributed by atoms with Crippen LogP contribution in [0.25, 0.3) is 0 Å². The second-order valence-electron chi connectivity index (χ2n) is 6.19. The van der Waals surface area contributed by atoms with E-state index < -0.39 is 0 Å². The number of rotatable bonds is 11. The predicted molar refractivity (Wildman–Crippen MR) is 105 cm³/mol. The van der Waals surface area contributed by atoms with Crippen molar-refractivity contribution in [2.75, 3.05) is 33.9 Å². The lowest BCUT2D eigenvalue weighted by Gasteiger charge is -2.22. The highest BCUT2D eigenvalue weighted by molar-refractivity contribution is 5.78. The minimum Gasteiger partial charge on any atom is -0.493 e. The second-order valence-corrected chi connectivity index (χ2v) is 6.19. The topological polar surface area (TPSA) is 63.9 Å². The van der Waals surface area contributed by atoms with E-state index in [4.69, 9.17) is 13.9 Å². The predicted octanol–water partition coefficient (Wildman–Crippen LogP) is 2.95. The van der Waals surface area contributed by atoms with E-state index in [2.05, 4.69) is 11.9 Å². The van der Waals surface area contributed by atoms with E-state index in [1.807, 2.05) is 37.3 Å². The number of amides is 1. The number of carbonyl (C=O) groups excluding carboxylic acids is 1. The first-order chi connectivity index (χ1) is 13.1. The Kier molecular flexibility index (Phi) is 7.95. The molecule has 0 bridgehead atoms. The van der Waals surface area contributed by atoms with E-state index in [-0.39, 0.29) is 12.5 Å². The number of benzene rings is 1. The van der Waals surface area contributed by atoms with Gasteiger partial charge in [0.05, 0.1) is 27.3 Å². The van der Waals surface area contributed by atoms with E-state index in [1.165, 1.54) is 0 Å². The van der Waals surface area contributed by atoms with Crippen LogP contribution in [0.4, 0.5) is 0 Å². The Hall–Kier alpha value is -2.73. The SMILES string of the molecule is C=CCNCC(=O)N(CCc1ccc(OC)c(OC)c1)Cc1ccc(C)o1. The van der Waals surface area contributed by atoms with Crippen molar-refractivity contribution in [3.8, 4) is 11.5 Å². The Morgan fingerprint density at radius 1 is 1.22 bits per heavy atom. The van der Waals surface area contributed by atoms with Gasteiger partial charge in [-0.05, 0) is 43.2 Å². The number of methoxy groups -OCH3 is 2. The summed E-state index contributed by atoms with van der Waals surface area (Å²) < 4.78 is 16.3. The van der Waals surface area contributed by atoms with Crippen molar-refractivity contribution in [3.05, 3.63) is 60.1 Å². The van der Waals surface area contributed by atoms with Crippen molar-refractivity contribution >= 4 is 5.91 Å². The molecule has 1 N–H and O–H groups in total. The van der Waals surface area contributed by atoms with Crippen LogP contribution in [0.15, 0.2) is 47.4 Å². The van der Waals surface area contributed by atoms with Crippen molar-refractivity contribution in [2.24, 2.45) is 0 Å². The highest BCUT2D eigenvalue weighted by Crippen LogP contribution is 2.27. The molecule has 6 heteroatoms. The van der Waals surface area contributed by atoms with E-state index >= 15 is 0 Å². The van der Waals surface area contributed by atoms with E-state index in [0.29, 0.717) is 37.6 Å². The van der Waals surface area contributed by atoms with Gasteiger partial charge in [-0.15, -0.1) is 6.58 Å². The average molecular weight is 372 g/mol. The third-order valence-corrected chi connectivity index (χ3v) is 4.18. The standard InChI is InChI=1S/C21H28N2O4/c1-5-11-22-14-21(24)23(15-18-8-6-16(2)27-18)12-10-17-7-9-19(25-3)20(13-17)26-4/h5-9,13,22H,1,10-12,14-15H2,2-4H3. The molecule has 146 valence electrons. The lowest BCUT2D eigenvalue weighted by molar-refractivity contribution is -0.131. The fraction of sp³-hybridized carbons (Fsp3) is 0.381. The average Bonchev–Trinajstić information content (AvgIpc) is 3.09. The number of nitrogens with zero attached hydrogens (tertiary/aromatic N) is 1. The molecule has 0 atom stereocenters. The fourth-order valence-corrected chi connectivity index (χ4v) is 2.74. The maximum absolute atomic E-state index is 12.6. The van der Waals surface area contributed by atoms with E-state index in [0.717, 1.165) is 17.1 Å². The van der Waals surface area contributed by atoms with Gasteiger partial charge in [0.25, 0.3) is 0 Å². The monoisotopic (exact) mass is 372 g/mol. The lowest BCUT2D eigenvalue weighted by atomic mass is 10.1. The van der Waals surface area contributed by atoms with Crippen LogP contribution in [0.5, 0.6) is 11.5 Å². The normalized spacial score (nSPS) is 10.5. The third kappa shape index (κ3) is 6.18. The Bertz CT molecular complexity index is 754. The first-order valence-electron chi connectivity index (χ1n) is 8.93. The number of nitrogens with one attached hydrogen (secondary N) is 1. The first kappa shape index (κ1) is 20.6. The highest BCUT2D eigenvalue weighted by Gasteiger charge is 2.16. The molecule has 0 aliphatic heterocycles. The molecule has 0 unspecified atom stereocenters. The fourth-order valence-electron chi connectivity index (χ4n) is 2.74. The molecule has 1 heterocycles. The lowest BCUT2D eigenvalue weighted by Crippen LogP contribution is -2.39. The zero-order valence-electron chi connectivity index (χ0n) is 16.3. The molecule has 0 aliphatic carbocycles. The van der Waals surface area contributed by atoms with Crippen LogP contribution in [0.1, 0.15) is 17.1 Å². The number of carbonyl (C=O) groups is 1. The van der Waals surface area contributed by atoms with Gasteiger partial charge in [-0.25, -0.2) is 0 Å². The van der Waals surface area contributed by atoms with Crippen LogP contribution in [0.3, 0.4) is 0 Å². The maximum Gasteiger partial charge on any atom is 0.236 e. The van der Waals surface area contributed by atoms with Gasteiger partial charge in [-0.3, -0.25) is 4.79 Å². The molecule has 0 spiro atoms. The Morgan fingerprint density at radius 3 is 2.63 bits per heavy atom. The molecular formula is C21H28N2O4. The molecule has 0 saturated heterocycles. The van der Waals surface area contributed by atoms with Gasteiger partial charge in [0.2, 0.25) is 5.91 Å². The molecule has 1 aromatic heterocycles. The zero-order chi connectivity index (χ0) is 19.6. The van der Waals surface area contributed by atoms with Crippen LogP contribution in [-0.2, 0) is 17.8 Å². The van der Waals surface area contributed by atoms with Crippen LogP contribution in [0, 0.1) is 6.92 Å². The van der Waals surface area contributed by atoms with E-state index in [9.17, 15) is 4.79 Å². The number of hydrogen-bond donors (Lipinski definition) is 1. The molecule has 6 nitrogen and oxygen atoms in total. The van der Waals surface area contributed by atoms with E-state index in [1.54, 1.807) is 25.2 Å².